The molecular weight excluding hydrogens is 396 g/mol. The van der Waals surface area contributed by atoms with E-state index in [4.69, 9.17) is 21.1 Å². The van der Waals surface area contributed by atoms with Gasteiger partial charge in [0.05, 0.1) is 12.5 Å². The van der Waals surface area contributed by atoms with Crippen LogP contribution in [-0.4, -0.2) is 37.5 Å². The highest BCUT2D eigenvalue weighted by atomic mass is 35.5. The summed E-state index contributed by atoms with van der Waals surface area (Å²) in [5.41, 5.74) is 1.24. The van der Waals surface area contributed by atoms with Crippen LogP contribution in [0.2, 0.25) is 5.02 Å². The Bertz CT molecular complexity index is 883. The number of benzene rings is 2. The van der Waals surface area contributed by atoms with E-state index in [1.54, 1.807) is 48.5 Å². The third kappa shape index (κ3) is 5.48. The number of hydrogen-bond acceptors (Lipinski definition) is 5. The van der Waals surface area contributed by atoms with Crippen LogP contribution in [0.15, 0.2) is 48.5 Å². The first-order valence-corrected chi connectivity index (χ1v) is 9.59. The summed E-state index contributed by atoms with van der Waals surface area (Å²) in [6, 6.07) is 13.7. The van der Waals surface area contributed by atoms with Crippen molar-refractivity contribution in [3.63, 3.8) is 0 Å². The van der Waals surface area contributed by atoms with Gasteiger partial charge in [0.15, 0.2) is 6.61 Å². The Kier molecular flexibility index (Phi) is 6.72. The molecule has 1 atom stereocenters. The number of halogens is 1. The van der Waals surface area contributed by atoms with Crippen LogP contribution in [-0.2, 0) is 19.1 Å². The molecule has 0 spiro atoms. The molecule has 0 aliphatic carbocycles. The Balaban J connectivity index is 1.50. The van der Waals surface area contributed by atoms with E-state index in [9.17, 15) is 14.4 Å². The van der Waals surface area contributed by atoms with Gasteiger partial charge in [0.25, 0.3) is 5.91 Å². The highest BCUT2D eigenvalue weighted by molar-refractivity contribution is 6.30. The minimum atomic E-state index is -0.614. The number of hydrogen-bond donors (Lipinski definition) is 1. The smallest absolute Gasteiger partial charge is 0.311 e. The zero-order chi connectivity index (χ0) is 20.8. The highest BCUT2D eigenvalue weighted by Crippen LogP contribution is 2.27. The van der Waals surface area contributed by atoms with Gasteiger partial charge in [0.1, 0.15) is 5.75 Å². The van der Waals surface area contributed by atoms with Crippen LogP contribution in [0.1, 0.15) is 13.3 Å². The molecule has 29 heavy (non-hydrogen) atoms. The number of nitrogens with one attached hydrogen (secondary N) is 1. The lowest BCUT2D eigenvalue weighted by atomic mass is 10.1. The van der Waals surface area contributed by atoms with Crippen LogP contribution in [0.4, 0.5) is 11.4 Å². The number of nitrogens with zero attached hydrogens (tertiary/aromatic N) is 1. The molecule has 2 aromatic carbocycles. The molecule has 1 saturated heterocycles. The second-order valence-corrected chi connectivity index (χ2v) is 6.93. The van der Waals surface area contributed by atoms with E-state index in [2.05, 4.69) is 5.32 Å². The molecule has 1 aliphatic rings. The summed E-state index contributed by atoms with van der Waals surface area (Å²) in [5.74, 6) is -1.10. The fourth-order valence-corrected chi connectivity index (χ4v) is 3.11. The average molecular weight is 417 g/mol. The van der Waals surface area contributed by atoms with Crippen molar-refractivity contribution in [3.05, 3.63) is 53.6 Å². The number of esters is 1. The van der Waals surface area contributed by atoms with Gasteiger partial charge >= 0.3 is 5.97 Å². The largest absolute Gasteiger partial charge is 0.494 e. The predicted octanol–water partition coefficient (Wildman–Crippen LogP) is 3.27. The Morgan fingerprint density at radius 3 is 2.48 bits per heavy atom. The number of amides is 2. The first-order valence-electron chi connectivity index (χ1n) is 9.21. The maximum Gasteiger partial charge on any atom is 0.311 e. The van der Waals surface area contributed by atoms with Crippen LogP contribution in [0.25, 0.3) is 0 Å². The summed E-state index contributed by atoms with van der Waals surface area (Å²) in [5, 5.41) is 3.16. The van der Waals surface area contributed by atoms with E-state index in [1.807, 2.05) is 6.92 Å². The van der Waals surface area contributed by atoms with Gasteiger partial charge in [-0.1, -0.05) is 11.6 Å². The first-order chi connectivity index (χ1) is 14.0. The SMILES string of the molecule is CCOc1ccc(N2C[C@H](C(=O)OCC(=O)Nc3ccc(Cl)cc3)CC2=O)cc1. The summed E-state index contributed by atoms with van der Waals surface area (Å²) >= 11 is 5.79. The van der Waals surface area contributed by atoms with Crippen molar-refractivity contribution in [1.29, 1.82) is 0 Å². The van der Waals surface area contributed by atoms with E-state index in [0.717, 1.165) is 0 Å². The summed E-state index contributed by atoms with van der Waals surface area (Å²) in [6.45, 7) is 2.24. The van der Waals surface area contributed by atoms with E-state index in [0.29, 0.717) is 28.8 Å². The Morgan fingerprint density at radius 2 is 1.83 bits per heavy atom. The number of ether oxygens (including phenoxy) is 2. The normalized spacial score (nSPS) is 15.9. The third-order valence-corrected chi connectivity index (χ3v) is 4.64. The highest BCUT2D eigenvalue weighted by Gasteiger charge is 2.36. The van der Waals surface area contributed by atoms with Gasteiger partial charge in [-0.15, -0.1) is 0 Å². The topological polar surface area (TPSA) is 84.9 Å². The monoisotopic (exact) mass is 416 g/mol. The Hall–Kier alpha value is -3.06. The van der Waals surface area contributed by atoms with Crippen molar-refractivity contribution in [2.45, 2.75) is 13.3 Å². The fourth-order valence-electron chi connectivity index (χ4n) is 2.99. The molecule has 0 unspecified atom stereocenters. The number of carbonyl (C=O) groups is 3. The van der Waals surface area contributed by atoms with Crippen LogP contribution >= 0.6 is 11.6 Å². The van der Waals surface area contributed by atoms with Crippen molar-refractivity contribution >= 4 is 40.8 Å². The van der Waals surface area contributed by atoms with E-state index in [-0.39, 0.29) is 18.9 Å². The molecule has 0 saturated carbocycles. The van der Waals surface area contributed by atoms with Crippen molar-refractivity contribution < 1.29 is 23.9 Å². The Labute approximate surface area is 173 Å². The molecule has 8 heteroatoms. The van der Waals surface area contributed by atoms with E-state index in [1.165, 1.54) is 4.90 Å². The lowest BCUT2D eigenvalue weighted by Crippen LogP contribution is -2.28. The van der Waals surface area contributed by atoms with E-state index < -0.39 is 24.4 Å². The second-order valence-electron chi connectivity index (χ2n) is 6.50. The van der Waals surface area contributed by atoms with Gasteiger partial charge in [-0.25, -0.2) is 0 Å². The molecule has 0 bridgehead atoms. The standard InChI is InChI=1S/C21H21ClN2O5/c1-2-28-18-9-7-17(8-10-18)24-12-14(11-20(24)26)21(27)29-13-19(25)23-16-5-3-15(22)4-6-16/h3-10,14H,2,11-13H2,1H3,(H,23,25)/t14-/m1/s1. The minimum Gasteiger partial charge on any atom is -0.494 e. The lowest BCUT2D eigenvalue weighted by Gasteiger charge is -2.17. The first kappa shape index (κ1) is 20.7. The van der Waals surface area contributed by atoms with Crippen LogP contribution in [0, 0.1) is 5.92 Å². The van der Waals surface area contributed by atoms with Crippen LogP contribution < -0.4 is 15.0 Å². The van der Waals surface area contributed by atoms with Gasteiger partial charge in [-0.05, 0) is 55.5 Å². The van der Waals surface area contributed by atoms with Gasteiger partial charge in [-0.2, -0.15) is 0 Å². The zero-order valence-electron chi connectivity index (χ0n) is 15.9. The van der Waals surface area contributed by atoms with Crippen molar-refractivity contribution in [1.82, 2.24) is 0 Å². The predicted molar refractivity (Wildman–Crippen MR) is 109 cm³/mol. The minimum absolute atomic E-state index is 0.0465. The van der Waals surface area contributed by atoms with Gasteiger partial charge in [0, 0.05) is 29.4 Å². The molecule has 1 N–H and O–H groups in total. The molecule has 3 rings (SSSR count). The molecule has 0 aromatic heterocycles. The molecule has 1 fully saturated rings. The average Bonchev–Trinajstić information content (AvgIpc) is 3.10. The number of anilines is 2. The van der Waals surface area contributed by atoms with Gasteiger partial charge in [0.2, 0.25) is 5.91 Å². The molecule has 2 amide bonds. The van der Waals surface area contributed by atoms with Crippen molar-refractivity contribution in [2.24, 2.45) is 5.92 Å². The number of carbonyl (C=O) groups excluding carboxylic acids is 3. The zero-order valence-corrected chi connectivity index (χ0v) is 16.6. The van der Waals surface area contributed by atoms with Crippen LogP contribution in [0.3, 0.4) is 0 Å². The molecule has 152 valence electrons. The maximum absolute atomic E-state index is 12.3. The fraction of sp³-hybridized carbons (Fsp3) is 0.286. The van der Waals surface area contributed by atoms with Crippen LogP contribution in [0.5, 0.6) is 5.75 Å². The van der Waals surface area contributed by atoms with Gasteiger partial charge < -0.3 is 19.7 Å². The van der Waals surface area contributed by atoms with Crippen molar-refractivity contribution in [3.8, 4) is 5.75 Å². The molecule has 2 aromatic rings. The third-order valence-electron chi connectivity index (χ3n) is 4.39. The van der Waals surface area contributed by atoms with E-state index >= 15 is 0 Å². The second kappa shape index (κ2) is 9.43. The summed E-state index contributed by atoms with van der Waals surface area (Å²) < 4.78 is 10.5. The summed E-state index contributed by atoms with van der Waals surface area (Å²) in [4.78, 5) is 38.1. The lowest BCUT2D eigenvalue weighted by molar-refractivity contribution is -0.151. The maximum atomic E-state index is 12.3. The number of rotatable bonds is 7. The molecular formula is C21H21ClN2O5. The molecule has 1 heterocycles. The molecule has 0 radical (unpaired) electrons. The Morgan fingerprint density at radius 1 is 1.14 bits per heavy atom. The van der Waals surface area contributed by atoms with Crippen molar-refractivity contribution in [2.75, 3.05) is 30.0 Å². The summed E-state index contributed by atoms with van der Waals surface area (Å²) in [6.07, 6.45) is 0.0465. The quantitative estimate of drug-likeness (QED) is 0.700. The molecule has 1 aliphatic heterocycles. The molecule has 7 nitrogen and oxygen atoms in total. The van der Waals surface area contributed by atoms with Gasteiger partial charge in [-0.3, -0.25) is 14.4 Å². The summed E-state index contributed by atoms with van der Waals surface area (Å²) in [7, 11) is 0.